The lowest BCUT2D eigenvalue weighted by atomic mass is 10.1. The monoisotopic (exact) mass is 296 g/mol. The predicted molar refractivity (Wildman–Crippen MR) is 77.8 cm³/mol. The van der Waals surface area contributed by atoms with Gasteiger partial charge in [-0.3, -0.25) is 4.90 Å². The molecule has 0 aliphatic carbocycles. The van der Waals surface area contributed by atoms with Gasteiger partial charge in [0.05, 0.1) is 23.4 Å². The molecule has 2 aromatic rings. The smallest absolute Gasteiger partial charge is 0.135 e. The van der Waals surface area contributed by atoms with E-state index in [1.54, 1.807) is 0 Å². The van der Waals surface area contributed by atoms with Crippen LogP contribution in [0.25, 0.3) is 10.9 Å². The lowest BCUT2D eigenvalue weighted by Crippen LogP contribution is -2.13. The zero-order valence-corrected chi connectivity index (χ0v) is 12.3. The van der Waals surface area contributed by atoms with E-state index in [1.165, 1.54) is 0 Å². The molecule has 1 aromatic carbocycles. The van der Waals surface area contributed by atoms with Gasteiger partial charge in [-0.1, -0.05) is 23.2 Å². The fourth-order valence-corrected chi connectivity index (χ4v) is 2.98. The van der Waals surface area contributed by atoms with Crippen LogP contribution in [0.1, 0.15) is 17.2 Å². The molecule has 2 heterocycles. The molecule has 3 nitrogen and oxygen atoms in total. The van der Waals surface area contributed by atoms with Gasteiger partial charge in [0.2, 0.25) is 0 Å². The van der Waals surface area contributed by atoms with Crippen molar-refractivity contribution in [3.8, 4) is 0 Å². The van der Waals surface area contributed by atoms with Crippen LogP contribution in [-0.4, -0.2) is 30.2 Å². The molecule has 5 heteroatoms. The van der Waals surface area contributed by atoms with Gasteiger partial charge in [0, 0.05) is 17.5 Å². The van der Waals surface area contributed by atoms with Gasteiger partial charge < -0.3 is 4.74 Å². The van der Waals surface area contributed by atoms with Crippen LogP contribution in [0, 0.1) is 6.92 Å². The summed E-state index contributed by atoms with van der Waals surface area (Å²) in [6.45, 7) is 3.46. The number of nitrogens with zero attached hydrogens (tertiary/aromatic N) is 2. The molecule has 19 heavy (non-hydrogen) atoms. The highest BCUT2D eigenvalue weighted by Gasteiger charge is 2.25. The maximum atomic E-state index is 6.27. The van der Waals surface area contributed by atoms with Crippen molar-refractivity contribution in [3.05, 3.63) is 39.5 Å². The van der Waals surface area contributed by atoms with E-state index >= 15 is 0 Å². The Balaban J connectivity index is 2.13. The molecule has 0 spiro atoms. The Hall–Kier alpha value is -0.870. The highest BCUT2D eigenvalue weighted by Crippen LogP contribution is 2.33. The summed E-state index contributed by atoms with van der Waals surface area (Å²) >= 11 is 12.5. The van der Waals surface area contributed by atoms with Gasteiger partial charge in [0.25, 0.3) is 0 Å². The highest BCUT2D eigenvalue weighted by atomic mass is 35.5. The second kappa shape index (κ2) is 4.91. The van der Waals surface area contributed by atoms with Crippen molar-refractivity contribution in [3.63, 3.8) is 0 Å². The van der Waals surface area contributed by atoms with Crippen LogP contribution in [-0.2, 0) is 4.74 Å². The number of aromatic nitrogens is 1. The Morgan fingerprint density at radius 2 is 2.11 bits per heavy atom. The summed E-state index contributed by atoms with van der Waals surface area (Å²) in [6, 6.07) is 5.99. The van der Waals surface area contributed by atoms with E-state index in [9.17, 15) is 0 Å². The van der Waals surface area contributed by atoms with Gasteiger partial charge >= 0.3 is 0 Å². The first kappa shape index (κ1) is 13.1. The second-order valence-corrected chi connectivity index (χ2v) is 5.78. The molecule has 1 aliphatic rings. The molecule has 1 unspecified atom stereocenters. The van der Waals surface area contributed by atoms with Gasteiger partial charge in [-0.25, -0.2) is 4.98 Å². The summed E-state index contributed by atoms with van der Waals surface area (Å²) in [5.41, 5.74) is 2.78. The van der Waals surface area contributed by atoms with Gasteiger partial charge in [-0.15, -0.1) is 0 Å². The third-order valence-corrected chi connectivity index (χ3v) is 3.91. The van der Waals surface area contributed by atoms with Crippen molar-refractivity contribution >= 4 is 34.1 Å². The summed E-state index contributed by atoms with van der Waals surface area (Å²) in [6.07, 6.45) is -0.0197. The minimum Gasteiger partial charge on any atom is -0.357 e. The van der Waals surface area contributed by atoms with Crippen LogP contribution in [0.3, 0.4) is 0 Å². The zero-order chi connectivity index (χ0) is 13.6. The molecule has 1 aromatic heterocycles. The zero-order valence-electron chi connectivity index (χ0n) is 10.8. The van der Waals surface area contributed by atoms with Gasteiger partial charge in [-0.2, -0.15) is 0 Å². The Kier molecular flexibility index (Phi) is 3.39. The molecule has 1 atom stereocenters. The summed E-state index contributed by atoms with van der Waals surface area (Å²) in [5.74, 6) is 0. The summed E-state index contributed by atoms with van der Waals surface area (Å²) in [4.78, 5) is 6.53. The molecule has 0 N–H and O–H groups in total. The number of likely N-dealkylation sites (N-methyl/N-ethyl adjacent to an activating group) is 1. The number of hydrogen-bond donors (Lipinski definition) is 0. The Morgan fingerprint density at radius 3 is 2.79 bits per heavy atom. The maximum absolute atomic E-state index is 6.27. The number of fused-ring (bicyclic) bond motifs is 1. The first-order valence-corrected chi connectivity index (χ1v) is 6.86. The van der Waals surface area contributed by atoms with Crippen LogP contribution in [0.15, 0.2) is 18.2 Å². The molecule has 1 fully saturated rings. The van der Waals surface area contributed by atoms with Crippen LogP contribution >= 0.6 is 23.2 Å². The number of rotatable bonds is 1. The van der Waals surface area contributed by atoms with E-state index in [2.05, 4.69) is 16.0 Å². The molecule has 0 bridgehead atoms. The van der Waals surface area contributed by atoms with Gasteiger partial charge in [0.15, 0.2) is 0 Å². The third-order valence-electron chi connectivity index (χ3n) is 3.32. The number of pyridine rings is 1. The van der Waals surface area contributed by atoms with Crippen molar-refractivity contribution in [2.75, 3.05) is 20.3 Å². The van der Waals surface area contributed by atoms with Crippen molar-refractivity contribution < 1.29 is 4.74 Å². The number of aryl methyl sites for hydroxylation is 1. The van der Waals surface area contributed by atoms with Crippen LogP contribution in [0.4, 0.5) is 0 Å². The van der Waals surface area contributed by atoms with Crippen LogP contribution in [0.2, 0.25) is 10.2 Å². The quantitative estimate of drug-likeness (QED) is 0.748. The Bertz CT molecular complexity index is 645. The lowest BCUT2D eigenvalue weighted by Gasteiger charge is -2.13. The average molecular weight is 297 g/mol. The number of hydrogen-bond acceptors (Lipinski definition) is 3. The molecule has 0 radical (unpaired) electrons. The number of benzene rings is 1. The van der Waals surface area contributed by atoms with E-state index in [1.807, 2.05) is 26.1 Å². The number of ether oxygens (including phenoxy) is 1. The molecule has 1 saturated heterocycles. The number of halogens is 2. The fraction of sp³-hybridized carbons (Fsp3) is 0.357. The molecule has 100 valence electrons. The third kappa shape index (κ3) is 2.43. The average Bonchev–Trinajstić information content (AvgIpc) is 2.76. The summed E-state index contributed by atoms with van der Waals surface area (Å²) in [5, 5.41) is 2.11. The SMILES string of the molecule is Cc1cc(Cl)c2nc(Cl)c(C3CN(C)CO3)cc2c1. The lowest BCUT2D eigenvalue weighted by molar-refractivity contribution is 0.0955. The molecule has 3 rings (SSSR count). The van der Waals surface area contributed by atoms with E-state index in [0.29, 0.717) is 16.9 Å². The highest BCUT2D eigenvalue weighted by molar-refractivity contribution is 6.36. The van der Waals surface area contributed by atoms with Crippen molar-refractivity contribution in [2.45, 2.75) is 13.0 Å². The van der Waals surface area contributed by atoms with Crippen LogP contribution in [0.5, 0.6) is 0 Å². The van der Waals surface area contributed by atoms with E-state index in [4.69, 9.17) is 27.9 Å². The van der Waals surface area contributed by atoms with E-state index in [-0.39, 0.29) is 6.10 Å². The van der Waals surface area contributed by atoms with Gasteiger partial charge in [0.1, 0.15) is 5.15 Å². The molecular weight excluding hydrogens is 283 g/mol. The van der Waals surface area contributed by atoms with Crippen molar-refractivity contribution in [1.82, 2.24) is 9.88 Å². The van der Waals surface area contributed by atoms with Crippen LogP contribution < -0.4 is 0 Å². The second-order valence-electron chi connectivity index (χ2n) is 5.01. The predicted octanol–water partition coefficient (Wildman–Crippen LogP) is 3.81. The maximum Gasteiger partial charge on any atom is 0.135 e. The summed E-state index contributed by atoms with van der Waals surface area (Å²) in [7, 11) is 2.02. The van der Waals surface area contributed by atoms with Crippen molar-refractivity contribution in [1.29, 1.82) is 0 Å². The molecule has 1 aliphatic heterocycles. The van der Waals surface area contributed by atoms with Crippen molar-refractivity contribution in [2.24, 2.45) is 0 Å². The topological polar surface area (TPSA) is 25.4 Å². The van der Waals surface area contributed by atoms with E-state index < -0.39 is 0 Å². The minimum absolute atomic E-state index is 0.0197. The Labute approximate surface area is 122 Å². The Morgan fingerprint density at radius 1 is 1.32 bits per heavy atom. The molecule has 0 amide bonds. The molecular formula is C14H14Cl2N2O. The normalized spacial score (nSPS) is 20.3. The first-order chi connectivity index (χ1) is 9.04. The first-order valence-electron chi connectivity index (χ1n) is 6.11. The standard InChI is InChI=1S/C14H14Cl2N2O/c1-8-3-9-5-10(12-6-18(2)7-19-12)14(16)17-13(9)11(15)4-8/h3-5,12H,6-7H2,1-2H3. The largest absolute Gasteiger partial charge is 0.357 e. The van der Waals surface area contributed by atoms with Gasteiger partial charge in [-0.05, 0) is 37.7 Å². The fourth-order valence-electron chi connectivity index (χ4n) is 2.40. The minimum atomic E-state index is -0.0197. The summed E-state index contributed by atoms with van der Waals surface area (Å²) < 4.78 is 5.71. The molecule has 0 saturated carbocycles. The van der Waals surface area contributed by atoms with E-state index in [0.717, 1.165) is 28.6 Å².